The van der Waals surface area contributed by atoms with Crippen LogP contribution in [0.15, 0.2) is 72.1 Å². The second-order valence-corrected chi connectivity index (χ2v) is 10.2. The molecule has 2 fully saturated rings. The van der Waals surface area contributed by atoms with Gasteiger partial charge in [-0.15, -0.1) is 0 Å². The predicted octanol–water partition coefficient (Wildman–Crippen LogP) is 2.86. The first-order chi connectivity index (χ1) is 16.3. The van der Waals surface area contributed by atoms with E-state index in [9.17, 15) is 18.0 Å². The lowest BCUT2D eigenvalue weighted by Crippen LogP contribution is -2.45. The van der Waals surface area contributed by atoms with Crippen LogP contribution in [0.1, 0.15) is 18.4 Å². The molecule has 2 aromatic carbocycles. The van der Waals surface area contributed by atoms with Crippen molar-refractivity contribution in [3.8, 4) is 0 Å². The molecule has 2 amide bonds. The smallest absolute Gasteiger partial charge is 0.411 e. The van der Waals surface area contributed by atoms with Gasteiger partial charge in [-0.3, -0.25) is 10.1 Å². The van der Waals surface area contributed by atoms with Crippen LogP contribution in [0.4, 0.5) is 10.5 Å². The zero-order valence-corrected chi connectivity index (χ0v) is 19.4. The Morgan fingerprint density at radius 3 is 2.74 bits per heavy atom. The lowest BCUT2D eigenvalue weighted by Gasteiger charge is -2.33. The maximum Gasteiger partial charge on any atom is 0.411 e. The largest absolute Gasteiger partial charge is 0.444 e. The zero-order valence-electron chi connectivity index (χ0n) is 18.6. The fraction of sp³-hybridized carbons (Fsp3) is 0.333. The Morgan fingerprint density at radius 1 is 1.18 bits per heavy atom. The topological polar surface area (TPSA) is 114 Å². The number of carbonyl (C=O) groups is 2. The van der Waals surface area contributed by atoms with E-state index in [4.69, 9.17) is 9.47 Å². The van der Waals surface area contributed by atoms with E-state index in [1.165, 1.54) is 22.5 Å². The number of nitrogens with one attached hydrogen (secondary N) is 2. The molecule has 0 spiro atoms. The predicted molar refractivity (Wildman–Crippen MR) is 125 cm³/mol. The van der Waals surface area contributed by atoms with E-state index in [0.717, 1.165) is 5.56 Å². The van der Waals surface area contributed by atoms with Gasteiger partial charge in [0.1, 0.15) is 12.8 Å². The number of anilines is 1. The van der Waals surface area contributed by atoms with Gasteiger partial charge in [0, 0.05) is 18.8 Å². The van der Waals surface area contributed by atoms with Crippen LogP contribution in [0.5, 0.6) is 0 Å². The number of piperidine rings is 1. The van der Waals surface area contributed by atoms with Gasteiger partial charge in [0.25, 0.3) is 0 Å². The van der Waals surface area contributed by atoms with E-state index in [1.807, 2.05) is 30.3 Å². The average molecular weight is 486 g/mol. The van der Waals surface area contributed by atoms with Gasteiger partial charge in [-0.1, -0.05) is 43.0 Å². The molecule has 180 valence electrons. The number of hydrogen-bond donors (Lipinski definition) is 2. The molecule has 0 aromatic heterocycles. The number of sulfonamides is 1. The van der Waals surface area contributed by atoms with Gasteiger partial charge in [0.15, 0.2) is 0 Å². The molecule has 2 aliphatic rings. The minimum absolute atomic E-state index is 0.0707. The number of amides is 2. The molecule has 3 atom stereocenters. The molecule has 0 bridgehead atoms. The summed E-state index contributed by atoms with van der Waals surface area (Å²) in [5, 5.41) is 5.29. The van der Waals surface area contributed by atoms with Crippen LogP contribution in [0, 0.1) is 5.92 Å². The van der Waals surface area contributed by atoms with Crippen molar-refractivity contribution in [3.63, 3.8) is 0 Å². The molecular weight excluding hydrogens is 458 g/mol. The van der Waals surface area contributed by atoms with E-state index in [2.05, 4.69) is 17.2 Å². The molecule has 0 saturated carbocycles. The Labute approximate surface area is 198 Å². The third-order valence-electron chi connectivity index (χ3n) is 5.93. The molecule has 2 saturated heterocycles. The lowest BCUT2D eigenvalue weighted by atomic mass is 9.94. The van der Waals surface area contributed by atoms with Gasteiger partial charge in [0.2, 0.25) is 15.9 Å². The molecule has 3 unspecified atom stereocenters. The number of benzene rings is 2. The standard InChI is InChI=1S/C24H27N3O6S/c1-2-22(28)26-23-13-18-11-12-27(15-21(18)33-23)34(30,31)20-10-6-9-19(14-20)25-24(29)32-16-17-7-4-3-5-8-17/h2-10,14,18,21,23H,1,11-13,15-16H2,(H,25,29)(H,26,28). The van der Waals surface area contributed by atoms with Crippen molar-refractivity contribution >= 4 is 27.7 Å². The second-order valence-electron chi connectivity index (χ2n) is 8.24. The molecule has 2 aromatic rings. The molecule has 2 aliphatic heterocycles. The van der Waals surface area contributed by atoms with Crippen molar-refractivity contribution in [1.29, 1.82) is 0 Å². The monoisotopic (exact) mass is 485 g/mol. The molecule has 2 heterocycles. The summed E-state index contributed by atoms with van der Waals surface area (Å²) in [6.45, 7) is 4.09. The molecule has 0 aliphatic carbocycles. The normalized spacial score (nSPS) is 22.4. The highest BCUT2D eigenvalue weighted by Crippen LogP contribution is 2.34. The van der Waals surface area contributed by atoms with Crippen molar-refractivity contribution in [1.82, 2.24) is 9.62 Å². The van der Waals surface area contributed by atoms with Crippen LogP contribution in [-0.2, 0) is 30.9 Å². The first-order valence-electron chi connectivity index (χ1n) is 11.0. The molecule has 34 heavy (non-hydrogen) atoms. The summed E-state index contributed by atoms with van der Waals surface area (Å²) < 4.78 is 39.0. The van der Waals surface area contributed by atoms with Crippen molar-refractivity contribution in [2.75, 3.05) is 18.4 Å². The van der Waals surface area contributed by atoms with E-state index >= 15 is 0 Å². The Morgan fingerprint density at radius 2 is 1.97 bits per heavy atom. The third-order valence-corrected chi connectivity index (χ3v) is 7.80. The quantitative estimate of drug-likeness (QED) is 0.583. The number of carbonyl (C=O) groups excluding carboxylic acids is 2. The summed E-state index contributed by atoms with van der Waals surface area (Å²) in [5.41, 5.74) is 1.16. The SMILES string of the molecule is C=CC(=O)NC1CC2CCN(S(=O)(=O)c3cccc(NC(=O)OCc4ccccc4)c3)CC2O1. The Balaban J connectivity index is 1.37. The average Bonchev–Trinajstić information content (AvgIpc) is 3.25. The van der Waals surface area contributed by atoms with Crippen LogP contribution in [0.25, 0.3) is 0 Å². The maximum atomic E-state index is 13.3. The number of fused-ring (bicyclic) bond motifs is 1. The first-order valence-corrected chi connectivity index (χ1v) is 12.5. The third kappa shape index (κ3) is 5.64. The van der Waals surface area contributed by atoms with Gasteiger partial charge >= 0.3 is 6.09 Å². The fourth-order valence-electron chi connectivity index (χ4n) is 4.19. The Kier molecular flexibility index (Phi) is 7.30. The fourth-order valence-corrected chi connectivity index (χ4v) is 5.70. The Hall–Kier alpha value is -3.21. The lowest BCUT2D eigenvalue weighted by molar-refractivity contribution is -0.120. The summed E-state index contributed by atoms with van der Waals surface area (Å²) in [5.74, 6) is -0.145. The molecule has 4 rings (SSSR count). The first kappa shape index (κ1) is 23.9. The highest BCUT2D eigenvalue weighted by molar-refractivity contribution is 7.89. The highest BCUT2D eigenvalue weighted by Gasteiger charge is 2.42. The molecule has 0 radical (unpaired) electrons. The van der Waals surface area contributed by atoms with E-state index < -0.39 is 22.3 Å². The second kappa shape index (κ2) is 10.4. The summed E-state index contributed by atoms with van der Waals surface area (Å²) in [6, 6.07) is 15.3. The molecule has 10 heteroatoms. The van der Waals surface area contributed by atoms with Crippen molar-refractivity contribution in [2.24, 2.45) is 5.92 Å². The van der Waals surface area contributed by atoms with Crippen molar-refractivity contribution in [2.45, 2.75) is 36.7 Å². The summed E-state index contributed by atoms with van der Waals surface area (Å²) >= 11 is 0. The molecular formula is C24H27N3O6S. The van der Waals surface area contributed by atoms with Crippen LogP contribution in [0.2, 0.25) is 0 Å². The van der Waals surface area contributed by atoms with Crippen LogP contribution >= 0.6 is 0 Å². The number of rotatable bonds is 7. The van der Waals surface area contributed by atoms with Crippen LogP contribution < -0.4 is 10.6 Å². The van der Waals surface area contributed by atoms with E-state index in [0.29, 0.717) is 25.1 Å². The van der Waals surface area contributed by atoms with Gasteiger partial charge < -0.3 is 14.8 Å². The minimum atomic E-state index is -3.80. The number of nitrogens with zero attached hydrogens (tertiary/aromatic N) is 1. The number of ether oxygens (including phenoxy) is 2. The van der Waals surface area contributed by atoms with Gasteiger partial charge in [-0.2, -0.15) is 4.31 Å². The maximum absolute atomic E-state index is 13.3. The van der Waals surface area contributed by atoms with Gasteiger partial charge in [-0.05, 0) is 48.6 Å². The number of hydrogen-bond acceptors (Lipinski definition) is 6. The van der Waals surface area contributed by atoms with Gasteiger partial charge in [0.05, 0.1) is 11.0 Å². The van der Waals surface area contributed by atoms with E-state index in [-0.39, 0.29) is 36.0 Å². The van der Waals surface area contributed by atoms with E-state index in [1.54, 1.807) is 12.1 Å². The highest BCUT2D eigenvalue weighted by atomic mass is 32.2. The summed E-state index contributed by atoms with van der Waals surface area (Å²) in [4.78, 5) is 23.8. The van der Waals surface area contributed by atoms with Crippen LogP contribution in [0.3, 0.4) is 0 Å². The molecule has 2 N–H and O–H groups in total. The summed E-state index contributed by atoms with van der Waals surface area (Å²) in [7, 11) is -3.80. The van der Waals surface area contributed by atoms with Crippen LogP contribution in [-0.4, -0.2) is 50.1 Å². The Bertz CT molecular complexity index is 1150. The van der Waals surface area contributed by atoms with Crippen molar-refractivity contribution < 1.29 is 27.5 Å². The minimum Gasteiger partial charge on any atom is -0.444 e. The van der Waals surface area contributed by atoms with Crippen molar-refractivity contribution in [3.05, 3.63) is 72.8 Å². The molecule has 9 nitrogen and oxygen atoms in total. The van der Waals surface area contributed by atoms with Gasteiger partial charge in [-0.25, -0.2) is 13.2 Å². The zero-order chi connectivity index (χ0) is 24.1. The summed E-state index contributed by atoms with van der Waals surface area (Å²) in [6.07, 6.45) is 1.04.